The van der Waals surface area contributed by atoms with Crippen molar-refractivity contribution >= 4 is 11.7 Å². The third-order valence-electron chi connectivity index (χ3n) is 3.42. The number of hydrogen-bond donors (Lipinski definition) is 1. The lowest BCUT2D eigenvalue weighted by molar-refractivity contribution is 0.0601. The van der Waals surface area contributed by atoms with Crippen molar-refractivity contribution in [2.24, 2.45) is 0 Å². The second kappa shape index (κ2) is 5.87. The van der Waals surface area contributed by atoms with Crippen molar-refractivity contribution in [2.75, 3.05) is 31.6 Å². The molecule has 4 heteroatoms. The lowest BCUT2D eigenvalue weighted by atomic mass is 10.1. The number of ether oxygens (including phenoxy) is 1. The van der Waals surface area contributed by atoms with Crippen LogP contribution < -0.4 is 10.2 Å². The molecule has 1 aliphatic heterocycles. The van der Waals surface area contributed by atoms with E-state index < -0.39 is 0 Å². The number of methoxy groups -OCH3 is 1. The monoisotopic (exact) mass is 248 g/mol. The number of esters is 1. The van der Waals surface area contributed by atoms with Gasteiger partial charge in [0.15, 0.2) is 0 Å². The Kier molecular flexibility index (Phi) is 4.20. The number of hydrogen-bond acceptors (Lipinski definition) is 4. The van der Waals surface area contributed by atoms with Gasteiger partial charge < -0.3 is 15.0 Å². The number of carbonyl (C=O) groups excluding carboxylic acids is 1. The predicted molar refractivity (Wildman–Crippen MR) is 72.1 cm³/mol. The molecule has 1 heterocycles. The van der Waals surface area contributed by atoms with Crippen molar-refractivity contribution in [1.82, 2.24) is 5.32 Å². The summed E-state index contributed by atoms with van der Waals surface area (Å²) < 4.78 is 4.76. The lowest BCUT2D eigenvalue weighted by Crippen LogP contribution is -2.51. The van der Waals surface area contributed by atoms with Crippen LogP contribution in [0.4, 0.5) is 5.69 Å². The van der Waals surface area contributed by atoms with E-state index in [1.807, 2.05) is 12.1 Å². The van der Waals surface area contributed by atoms with Gasteiger partial charge in [-0.3, -0.25) is 0 Å². The number of anilines is 1. The Bertz CT molecular complexity index is 420. The van der Waals surface area contributed by atoms with Crippen LogP contribution in [0.2, 0.25) is 0 Å². The lowest BCUT2D eigenvalue weighted by Gasteiger charge is -2.37. The second-order valence-electron chi connectivity index (χ2n) is 4.50. The van der Waals surface area contributed by atoms with E-state index >= 15 is 0 Å². The number of piperazine rings is 1. The SMILES string of the molecule is CC[C@H]1CNCCN1c1cccc(C(=O)OC)c1. The molecule has 18 heavy (non-hydrogen) atoms. The highest BCUT2D eigenvalue weighted by molar-refractivity contribution is 5.90. The first-order valence-electron chi connectivity index (χ1n) is 6.42. The van der Waals surface area contributed by atoms with Crippen LogP contribution in [0.1, 0.15) is 23.7 Å². The molecule has 0 unspecified atom stereocenters. The highest BCUT2D eigenvalue weighted by Gasteiger charge is 2.21. The zero-order chi connectivity index (χ0) is 13.0. The summed E-state index contributed by atoms with van der Waals surface area (Å²) in [4.78, 5) is 13.9. The highest BCUT2D eigenvalue weighted by Crippen LogP contribution is 2.21. The summed E-state index contributed by atoms with van der Waals surface area (Å²) in [7, 11) is 1.41. The molecule has 1 N–H and O–H groups in total. The van der Waals surface area contributed by atoms with Crippen LogP contribution in [0.5, 0.6) is 0 Å². The van der Waals surface area contributed by atoms with Crippen LogP contribution in [0.25, 0.3) is 0 Å². The Morgan fingerprint density at radius 3 is 3.11 bits per heavy atom. The average Bonchev–Trinajstić information content (AvgIpc) is 2.46. The molecule has 0 radical (unpaired) electrons. The molecule has 1 atom stereocenters. The Hall–Kier alpha value is -1.55. The molecule has 2 rings (SSSR count). The molecule has 0 aromatic heterocycles. The van der Waals surface area contributed by atoms with E-state index in [0.29, 0.717) is 11.6 Å². The minimum Gasteiger partial charge on any atom is -0.465 e. The van der Waals surface area contributed by atoms with E-state index in [1.165, 1.54) is 7.11 Å². The van der Waals surface area contributed by atoms with Crippen molar-refractivity contribution in [2.45, 2.75) is 19.4 Å². The van der Waals surface area contributed by atoms with Gasteiger partial charge in [-0.05, 0) is 24.6 Å². The minimum atomic E-state index is -0.278. The van der Waals surface area contributed by atoms with Gasteiger partial charge in [0.1, 0.15) is 0 Å². The van der Waals surface area contributed by atoms with Gasteiger partial charge in [0.2, 0.25) is 0 Å². The van der Waals surface area contributed by atoms with Crippen molar-refractivity contribution in [3.8, 4) is 0 Å². The molecular formula is C14H20N2O2. The molecule has 0 bridgehead atoms. The van der Waals surface area contributed by atoms with E-state index in [-0.39, 0.29) is 5.97 Å². The van der Waals surface area contributed by atoms with Crippen molar-refractivity contribution in [3.63, 3.8) is 0 Å². The molecule has 0 aliphatic carbocycles. The fourth-order valence-corrected chi connectivity index (χ4v) is 2.39. The van der Waals surface area contributed by atoms with Gasteiger partial charge in [0.05, 0.1) is 12.7 Å². The molecule has 98 valence electrons. The zero-order valence-electron chi connectivity index (χ0n) is 11.0. The Balaban J connectivity index is 2.23. The molecule has 1 saturated heterocycles. The summed E-state index contributed by atoms with van der Waals surface area (Å²) >= 11 is 0. The van der Waals surface area contributed by atoms with Crippen LogP contribution in [0.3, 0.4) is 0 Å². The topological polar surface area (TPSA) is 41.6 Å². The average molecular weight is 248 g/mol. The second-order valence-corrected chi connectivity index (χ2v) is 4.50. The maximum Gasteiger partial charge on any atom is 0.337 e. The fraction of sp³-hybridized carbons (Fsp3) is 0.500. The maximum atomic E-state index is 11.5. The summed E-state index contributed by atoms with van der Waals surface area (Å²) in [5.41, 5.74) is 1.72. The number of rotatable bonds is 3. The summed E-state index contributed by atoms with van der Waals surface area (Å²) in [5.74, 6) is -0.278. The van der Waals surface area contributed by atoms with Crippen LogP contribution in [0, 0.1) is 0 Å². The first-order chi connectivity index (χ1) is 8.76. The number of nitrogens with zero attached hydrogens (tertiary/aromatic N) is 1. The first kappa shape index (κ1) is 12.9. The molecule has 1 aromatic carbocycles. The summed E-state index contributed by atoms with van der Waals surface area (Å²) in [6, 6.07) is 8.17. The molecule has 1 aliphatic rings. The van der Waals surface area contributed by atoms with Gasteiger partial charge in [0.25, 0.3) is 0 Å². The third kappa shape index (κ3) is 2.64. The van der Waals surface area contributed by atoms with Crippen molar-refractivity contribution < 1.29 is 9.53 Å². The van der Waals surface area contributed by atoms with E-state index in [0.717, 1.165) is 31.7 Å². The van der Waals surface area contributed by atoms with Crippen LogP contribution >= 0.6 is 0 Å². The fourth-order valence-electron chi connectivity index (χ4n) is 2.39. The molecule has 0 spiro atoms. The summed E-state index contributed by atoms with van der Waals surface area (Å²) in [5, 5.41) is 3.40. The highest BCUT2D eigenvalue weighted by atomic mass is 16.5. The Morgan fingerprint density at radius 2 is 2.39 bits per heavy atom. The maximum absolute atomic E-state index is 11.5. The van der Waals surface area contributed by atoms with Gasteiger partial charge in [-0.1, -0.05) is 13.0 Å². The summed E-state index contributed by atoms with van der Waals surface area (Å²) in [6.45, 7) is 5.15. The smallest absolute Gasteiger partial charge is 0.337 e. The largest absolute Gasteiger partial charge is 0.465 e. The van der Waals surface area contributed by atoms with Crippen LogP contribution in [-0.4, -0.2) is 38.8 Å². The number of benzene rings is 1. The summed E-state index contributed by atoms with van der Waals surface area (Å²) in [6.07, 6.45) is 1.09. The normalized spacial score (nSPS) is 19.7. The molecule has 4 nitrogen and oxygen atoms in total. The Morgan fingerprint density at radius 1 is 1.56 bits per heavy atom. The Labute approximate surface area is 108 Å². The molecule has 1 fully saturated rings. The molecule has 1 aromatic rings. The van der Waals surface area contributed by atoms with Gasteiger partial charge in [-0.15, -0.1) is 0 Å². The van der Waals surface area contributed by atoms with Gasteiger partial charge >= 0.3 is 5.97 Å². The van der Waals surface area contributed by atoms with Gasteiger partial charge in [-0.25, -0.2) is 4.79 Å². The molecule has 0 amide bonds. The van der Waals surface area contributed by atoms with Crippen molar-refractivity contribution in [1.29, 1.82) is 0 Å². The van der Waals surface area contributed by atoms with Crippen LogP contribution in [-0.2, 0) is 4.74 Å². The standard InChI is InChI=1S/C14H20N2O2/c1-3-12-10-15-7-8-16(12)13-6-4-5-11(9-13)14(17)18-2/h4-6,9,12,15H,3,7-8,10H2,1-2H3/t12-/m0/s1. The molecule has 0 saturated carbocycles. The van der Waals surface area contributed by atoms with E-state index in [9.17, 15) is 4.79 Å². The van der Waals surface area contributed by atoms with E-state index in [4.69, 9.17) is 4.74 Å². The van der Waals surface area contributed by atoms with Gasteiger partial charge in [-0.2, -0.15) is 0 Å². The van der Waals surface area contributed by atoms with E-state index in [2.05, 4.69) is 23.2 Å². The number of carbonyl (C=O) groups is 1. The first-order valence-corrected chi connectivity index (χ1v) is 6.42. The van der Waals surface area contributed by atoms with Crippen LogP contribution in [0.15, 0.2) is 24.3 Å². The third-order valence-corrected chi connectivity index (χ3v) is 3.42. The van der Waals surface area contributed by atoms with E-state index in [1.54, 1.807) is 6.07 Å². The van der Waals surface area contributed by atoms with Crippen molar-refractivity contribution in [3.05, 3.63) is 29.8 Å². The van der Waals surface area contributed by atoms with Gasteiger partial charge in [0, 0.05) is 31.4 Å². The quantitative estimate of drug-likeness (QED) is 0.826. The molecular weight excluding hydrogens is 228 g/mol. The zero-order valence-corrected chi connectivity index (χ0v) is 11.0. The number of nitrogens with one attached hydrogen (secondary N) is 1. The minimum absolute atomic E-state index is 0.278. The predicted octanol–water partition coefficient (Wildman–Crippen LogP) is 1.66.